The molecule has 0 amide bonds. The fourth-order valence-corrected chi connectivity index (χ4v) is 1.25. The smallest absolute Gasteiger partial charge is 0.150 e. The molecule has 2 nitrogen and oxygen atoms in total. The second kappa shape index (κ2) is 5.56. The van der Waals surface area contributed by atoms with Gasteiger partial charge in [-0.15, -0.1) is 12.4 Å². The molecular formula is C9H10Cl3NO. The Morgan fingerprint density at radius 3 is 2.36 bits per heavy atom. The van der Waals surface area contributed by atoms with Crippen LogP contribution in [-0.4, -0.2) is 5.78 Å². The summed E-state index contributed by atoms with van der Waals surface area (Å²) in [5.41, 5.74) is 6.29. The van der Waals surface area contributed by atoms with Crippen molar-refractivity contribution >= 4 is 41.4 Å². The lowest BCUT2D eigenvalue weighted by Gasteiger charge is -2.08. The Morgan fingerprint density at radius 2 is 1.93 bits per heavy atom. The molecule has 1 atom stereocenters. The lowest BCUT2D eigenvalue weighted by molar-refractivity contribution is -0.118. The Bertz CT molecular complexity index is 341. The Morgan fingerprint density at radius 1 is 1.36 bits per heavy atom. The summed E-state index contributed by atoms with van der Waals surface area (Å²) in [4.78, 5) is 10.9. The van der Waals surface area contributed by atoms with Gasteiger partial charge in [-0.3, -0.25) is 4.79 Å². The molecule has 0 radical (unpaired) electrons. The number of Topliss-reactive ketones (excluding diaryl/α,β-unsaturated/α-hetero) is 1. The van der Waals surface area contributed by atoms with Crippen molar-refractivity contribution in [1.29, 1.82) is 0 Å². The Kier molecular flexibility index (Phi) is 5.45. The van der Waals surface area contributed by atoms with Crippen molar-refractivity contribution in [2.24, 2.45) is 5.73 Å². The average molecular weight is 255 g/mol. The summed E-state index contributed by atoms with van der Waals surface area (Å²) < 4.78 is 0. The molecule has 1 rings (SSSR count). The number of hydrogen-bond acceptors (Lipinski definition) is 2. The van der Waals surface area contributed by atoms with Crippen molar-refractivity contribution in [3.8, 4) is 0 Å². The van der Waals surface area contributed by atoms with Crippen LogP contribution in [0, 0.1) is 0 Å². The molecule has 2 N–H and O–H groups in total. The number of carbonyl (C=O) groups excluding carboxylic acids is 1. The number of nitrogens with two attached hydrogens (primary N) is 1. The van der Waals surface area contributed by atoms with E-state index in [1.165, 1.54) is 6.92 Å². The summed E-state index contributed by atoms with van der Waals surface area (Å²) in [7, 11) is 0. The summed E-state index contributed by atoms with van der Waals surface area (Å²) in [6, 6.07) is 4.31. The number of rotatable bonds is 2. The zero-order valence-electron chi connectivity index (χ0n) is 7.46. The van der Waals surface area contributed by atoms with Crippen LogP contribution in [0.5, 0.6) is 0 Å². The first-order chi connectivity index (χ1) is 6.02. The molecule has 78 valence electrons. The fourth-order valence-electron chi connectivity index (χ4n) is 0.941. The van der Waals surface area contributed by atoms with Crippen molar-refractivity contribution in [3.63, 3.8) is 0 Å². The van der Waals surface area contributed by atoms with Crippen molar-refractivity contribution in [1.82, 2.24) is 0 Å². The third-order valence-corrected chi connectivity index (χ3v) is 2.48. The van der Waals surface area contributed by atoms with Gasteiger partial charge in [0.25, 0.3) is 0 Å². The Hall–Kier alpha value is -0.280. The molecule has 0 bridgehead atoms. The first kappa shape index (κ1) is 13.7. The van der Waals surface area contributed by atoms with Gasteiger partial charge in [0.1, 0.15) is 0 Å². The van der Waals surface area contributed by atoms with Crippen molar-refractivity contribution in [3.05, 3.63) is 33.8 Å². The van der Waals surface area contributed by atoms with Crippen molar-refractivity contribution < 1.29 is 4.79 Å². The molecule has 1 aromatic carbocycles. The van der Waals surface area contributed by atoms with Crippen molar-refractivity contribution in [2.45, 2.75) is 13.0 Å². The maximum absolute atomic E-state index is 10.9. The summed E-state index contributed by atoms with van der Waals surface area (Å²) in [5, 5.41) is 0.872. The van der Waals surface area contributed by atoms with E-state index >= 15 is 0 Å². The zero-order valence-corrected chi connectivity index (χ0v) is 9.79. The van der Waals surface area contributed by atoms with E-state index < -0.39 is 6.04 Å². The Balaban J connectivity index is 0.00000169. The van der Waals surface area contributed by atoms with Crippen LogP contribution in [0.4, 0.5) is 0 Å². The SMILES string of the molecule is CC(=O)C(N)c1ccc(Cl)c(Cl)c1.Cl. The van der Waals surface area contributed by atoms with Gasteiger partial charge in [-0.25, -0.2) is 0 Å². The predicted octanol–water partition coefficient (Wildman–Crippen LogP) is 3.00. The molecule has 0 saturated carbocycles. The monoisotopic (exact) mass is 253 g/mol. The summed E-state index contributed by atoms with van der Waals surface area (Å²) in [6.45, 7) is 1.44. The van der Waals surface area contributed by atoms with E-state index in [1.54, 1.807) is 18.2 Å². The third-order valence-electron chi connectivity index (χ3n) is 1.74. The van der Waals surface area contributed by atoms with Gasteiger partial charge in [-0.2, -0.15) is 0 Å². The van der Waals surface area contributed by atoms with Crippen LogP contribution < -0.4 is 5.73 Å². The number of hydrogen-bond donors (Lipinski definition) is 1. The van der Waals surface area contributed by atoms with Crippen LogP contribution in [0.15, 0.2) is 18.2 Å². The van der Waals surface area contributed by atoms with Crippen LogP contribution in [0.2, 0.25) is 10.0 Å². The number of carbonyl (C=O) groups is 1. The van der Waals surface area contributed by atoms with Gasteiger partial charge in [0.05, 0.1) is 16.1 Å². The first-order valence-electron chi connectivity index (χ1n) is 3.73. The topological polar surface area (TPSA) is 43.1 Å². The molecular weight excluding hydrogens is 244 g/mol. The maximum Gasteiger partial charge on any atom is 0.150 e. The second-order valence-corrected chi connectivity index (χ2v) is 3.58. The highest BCUT2D eigenvalue weighted by atomic mass is 35.5. The van der Waals surface area contributed by atoms with Gasteiger partial charge in [-0.1, -0.05) is 29.3 Å². The van der Waals surface area contributed by atoms with Gasteiger partial charge in [0, 0.05) is 0 Å². The van der Waals surface area contributed by atoms with E-state index in [1.807, 2.05) is 0 Å². The molecule has 1 aromatic rings. The van der Waals surface area contributed by atoms with Crippen LogP contribution >= 0.6 is 35.6 Å². The molecule has 0 aromatic heterocycles. The number of halogens is 3. The van der Waals surface area contributed by atoms with Crippen LogP contribution in [0.25, 0.3) is 0 Å². The zero-order chi connectivity index (χ0) is 10.0. The van der Waals surface area contributed by atoms with Crippen LogP contribution in [-0.2, 0) is 4.79 Å². The summed E-state index contributed by atoms with van der Waals surface area (Å²) >= 11 is 11.5. The molecule has 14 heavy (non-hydrogen) atoms. The number of ketones is 1. The van der Waals surface area contributed by atoms with Gasteiger partial charge in [0.15, 0.2) is 5.78 Å². The maximum atomic E-state index is 10.9. The highest BCUT2D eigenvalue weighted by molar-refractivity contribution is 6.42. The van der Waals surface area contributed by atoms with Gasteiger partial charge in [-0.05, 0) is 24.6 Å². The van der Waals surface area contributed by atoms with E-state index in [0.717, 1.165) is 0 Å². The first-order valence-corrected chi connectivity index (χ1v) is 4.49. The molecule has 0 fully saturated rings. The minimum absolute atomic E-state index is 0. The molecule has 0 saturated heterocycles. The Labute approximate surface area is 98.8 Å². The summed E-state index contributed by atoms with van der Waals surface area (Å²) in [6.07, 6.45) is 0. The molecule has 0 aliphatic rings. The van der Waals surface area contributed by atoms with Gasteiger partial charge < -0.3 is 5.73 Å². The largest absolute Gasteiger partial charge is 0.318 e. The fraction of sp³-hybridized carbons (Fsp3) is 0.222. The lowest BCUT2D eigenvalue weighted by atomic mass is 10.1. The minimum Gasteiger partial charge on any atom is -0.318 e. The van der Waals surface area contributed by atoms with E-state index in [4.69, 9.17) is 28.9 Å². The van der Waals surface area contributed by atoms with E-state index in [2.05, 4.69) is 0 Å². The minimum atomic E-state index is -0.616. The third kappa shape index (κ3) is 3.14. The van der Waals surface area contributed by atoms with Crippen LogP contribution in [0.3, 0.4) is 0 Å². The molecule has 0 heterocycles. The molecule has 0 aliphatic carbocycles. The van der Waals surface area contributed by atoms with Gasteiger partial charge >= 0.3 is 0 Å². The number of benzene rings is 1. The normalized spacial score (nSPS) is 11.7. The van der Waals surface area contributed by atoms with Crippen LogP contribution in [0.1, 0.15) is 18.5 Å². The highest BCUT2D eigenvalue weighted by Crippen LogP contribution is 2.25. The molecule has 5 heteroatoms. The van der Waals surface area contributed by atoms with E-state index in [-0.39, 0.29) is 18.2 Å². The summed E-state index contributed by atoms with van der Waals surface area (Å²) in [5.74, 6) is -0.0987. The quantitative estimate of drug-likeness (QED) is 0.881. The molecule has 0 spiro atoms. The molecule has 0 aliphatic heterocycles. The highest BCUT2D eigenvalue weighted by Gasteiger charge is 2.11. The standard InChI is InChI=1S/C9H9Cl2NO.ClH/c1-5(13)9(12)6-2-3-7(10)8(11)4-6;/h2-4,9H,12H2,1H3;1H. The van der Waals surface area contributed by atoms with E-state index in [9.17, 15) is 4.79 Å². The predicted molar refractivity (Wildman–Crippen MR) is 61.3 cm³/mol. The lowest BCUT2D eigenvalue weighted by Crippen LogP contribution is -2.18. The second-order valence-electron chi connectivity index (χ2n) is 2.76. The van der Waals surface area contributed by atoms with Crippen molar-refractivity contribution in [2.75, 3.05) is 0 Å². The average Bonchev–Trinajstić information content (AvgIpc) is 2.08. The van der Waals surface area contributed by atoms with E-state index in [0.29, 0.717) is 15.6 Å². The van der Waals surface area contributed by atoms with Gasteiger partial charge in [0.2, 0.25) is 0 Å². The molecule has 1 unspecified atom stereocenters.